The molecule has 2 N–H and O–H groups in total. The smallest absolute Gasteiger partial charge is 0.407 e. The summed E-state index contributed by atoms with van der Waals surface area (Å²) in [4.78, 5) is 37.9. The quantitative estimate of drug-likeness (QED) is 0.432. The zero-order valence-corrected chi connectivity index (χ0v) is 19.2. The molecule has 0 aliphatic carbocycles. The Hall–Kier alpha value is -3.55. The van der Waals surface area contributed by atoms with Gasteiger partial charge in [-0.25, -0.2) is 9.59 Å². The predicted octanol–water partition coefficient (Wildman–Crippen LogP) is 4.19. The Morgan fingerprint density at radius 3 is 2.61 bits per heavy atom. The van der Waals surface area contributed by atoms with E-state index in [2.05, 4.69) is 24.1 Å². The van der Waals surface area contributed by atoms with E-state index in [1.807, 2.05) is 25.1 Å². The van der Waals surface area contributed by atoms with E-state index >= 15 is 0 Å². The summed E-state index contributed by atoms with van der Waals surface area (Å²) in [6.07, 6.45) is -0.282. The van der Waals surface area contributed by atoms with Crippen molar-refractivity contribution in [2.75, 3.05) is 24.6 Å². The number of carboxylic acid groups (broad SMARTS) is 1. The molecule has 0 saturated carbocycles. The third-order valence-corrected chi connectivity index (χ3v) is 6.01. The maximum Gasteiger partial charge on any atom is 0.407 e. The van der Waals surface area contributed by atoms with Crippen molar-refractivity contribution in [3.05, 3.63) is 59.2 Å². The van der Waals surface area contributed by atoms with Crippen molar-refractivity contribution >= 4 is 23.7 Å². The fraction of sp³-hybridized carbons (Fsp3) is 0.400. The summed E-state index contributed by atoms with van der Waals surface area (Å²) in [6.45, 7) is 8.09. The van der Waals surface area contributed by atoms with Gasteiger partial charge >= 0.3 is 18.0 Å². The minimum atomic E-state index is -1.03. The number of alkyl carbamates (subject to hydrolysis) is 1. The van der Waals surface area contributed by atoms with Crippen LogP contribution >= 0.6 is 0 Å². The molecule has 0 aromatic heterocycles. The summed E-state index contributed by atoms with van der Waals surface area (Å²) in [6, 6.07) is 12.3. The number of carboxylic acids is 1. The van der Waals surface area contributed by atoms with Gasteiger partial charge in [0.05, 0.1) is 18.1 Å². The molecule has 176 valence electrons. The Bertz CT molecular complexity index is 1020. The summed E-state index contributed by atoms with van der Waals surface area (Å²) in [7, 11) is 0. The van der Waals surface area contributed by atoms with E-state index in [0.717, 1.165) is 24.3 Å². The molecule has 3 rings (SSSR count). The Kier molecular flexibility index (Phi) is 7.92. The highest BCUT2D eigenvalue weighted by Crippen LogP contribution is 2.40. The topological polar surface area (TPSA) is 105 Å². The number of hydrogen-bond donors (Lipinski definition) is 2. The lowest BCUT2D eigenvalue weighted by molar-refractivity contribution is -0.141. The van der Waals surface area contributed by atoms with Gasteiger partial charge in [0.2, 0.25) is 0 Å². The Morgan fingerprint density at radius 1 is 1.15 bits per heavy atom. The van der Waals surface area contributed by atoms with Crippen molar-refractivity contribution in [3.8, 4) is 5.75 Å². The van der Waals surface area contributed by atoms with Crippen LogP contribution in [0.4, 0.5) is 10.5 Å². The average Bonchev–Trinajstić information content (AvgIpc) is 2.80. The van der Waals surface area contributed by atoms with Crippen molar-refractivity contribution in [3.63, 3.8) is 0 Å². The number of benzene rings is 2. The number of carbonyl (C=O) groups is 3. The molecule has 1 heterocycles. The van der Waals surface area contributed by atoms with E-state index in [-0.39, 0.29) is 30.6 Å². The van der Waals surface area contributed by atoms with Gasteiger partial charge in [-0.15, -0.1) is 0 Å². The number of rotatable bonds is 9. The fourth-order valence-electron chi connectivity index (χ4n) is 4.06. The van der Waals surface area contributed by atoms with Gasteiger partial charge in [-0.3, -0.25) is 4.79 Å². The largest absolute Gasteiger partial charge is 0.478 e. The Morgan fingerprint density at radius 2 is 1.91 bits per heavy atom. The maximum atomic E-state index is 12.6. The molecule has 1 aliphatic heterocycles. The normalized spacial score (nSPS) is 17.0. The second-order valence-electron chi connectivity index (χ2n) is 7.99. The van der Waals surface area contributed by atoms with Crippen LogP contribution in [0.2, 0.25) is 0 Å². The summed E-state index contributed by atoms with van der Waals surface area (Å²) < 4.78 is 10.8. The van der Waals surface area contributed by atoms with Crippen LogP contribution in [0, 0.1) is 5.92 Å². The van der Waals surface area contributed by atoms with Crippen LogP contribution in [0.5, 0.6) is 5.75 Å². The van der Waals surface area contributed by atoms with Crippen molar-refractivity contribution in [2.45, 2.75) is 39.7 Å². The molecule has 0 bridgehead atoms. The van der Waals surface area contributed by atoms with Crippen LogP contribution in [0.25, 0.3) is 0 Å². The first kappa shape index (κ1) is 24.1. The van der Waals surface area contributed by atoms with Crippen molar-refractivity contribution in [1.82, 2.24) is 5.32 Å². The molecular formula is C25H30N2O6. The Balaban J connectivity index is 1.52. The number of nitrogens with zero attached hydrogens (tertiary/aromatic N) is 1. The third kappa shape index (κ3) is 5.83. The number of ether oxygens (including phenoxy) is 2. The lowest BCUT2D eigenvalue weighted by Crippen LogP contribution is -2.32. The molecule has 8 heteroatoms. The van der Waals surface area contributed by atoms with E-state index in [1.165, 1.54) is 12.1 Å². The lowest BCUT2D eigenvalue weighted by Gasteiger charge is -2.31. The first-order chi connectivity index (χ1) is 15.8. The number of esters is 1. The third-order valence-electron chi connectivity index (χ3n) is 6.01. The highest BCUT2D eigenvalue weighted by Gasteiger charge is 2.35. The van der Waals surface area contributed by atoms with E-state index in [4.69, 9.17) is 14.6 Å². The first-order valence-corrected chi connectivity index (χ1v) is 11.2. The average molecular weight is 455 g/mol. The van der Waals surface area contributed by atoms with Crippen molar-refractivity contribution < 1.29 is 29.0 Å². The van der Waals surface area contributed by atoms with Crippen molar-refractivity contribution in [2.24, 2.45) is 5.92 Å². The van der Waals surface area contributed by atoms with Gasteiger partial charge in [-0.05, 0) is 55.5 Å². The molecule has 2 atom stereocenters. The molecule has 2 aromatic carbocycles. The van der Waals surface area contributed by atoms with Crippen LogP contribution in [-0.4, -0.2) is 42.8 Å². The van der Waals surface area contributed by atoms with Gasteiger partial charge in [0.15, 0.2) is 0 Å². The molecule has 1 amide bonds. The van der Waals surface area contributed by atoms with E-state index in [9.17, 15) is 14.4 Å². The van der Waals surface area contributed by atoms with Crippen molar-refractivity contribution in [1.29, 1.82) is 0 Å². The molecule has 0 fully saturated rings. The second kappa shape index (κ2) is 10.8. The van der Waals surface area contributed by atoms with E-state index < -0.39 is 18.0 Å². The van der Waals surface area contributed by atoms with E-state index in [1.54, 1.807) is 12.1 Å². The molecule has 1 aliphatic rings. The fourth-order valence-corrected chi connectivity index (χ4v) is 4.06. The Labute approximate surface area is 193 Å². The summed E-state index contributed by atoms with van der Waals surface area (Å²) >= 11 is 0. The molecule has 33 heavy (non-hydrogen) atoms. The number of fused-ring (bicyclic) bond motifs is 1. The van der Waals surface area contributed by atoms with Gasteiger partial charge in [-0.2, -0.15) is 0 Å². The zero-order valence-electron chi connectivity index (χ0n) is 19.2. The van der Waals surface area contributed by atoms with Gasteiger partial charge in [0, 0.05) is 31.4 Å². The van der Waals surface area contributed by atoms with Crippen LogP contribution < -0.4 is 15.0 Å². The molecule has 2 aromatic rings. The van der Waals surface area contributed by atoms with Gasteiger partial charge in [0.1, 0.15) is 5.75 Å². The zero-order chi connectivity index (χ0) is 24.0. The summed E-state index contributed by atoms with van der Waals surface area (Å²) in [5, 5.41) is 11.6. The van der Waals surface area contributed by atoms with Crippen LogP contribution in [-0.2, 0) is 16.1 Å². The van der Waals surface area contributed by atoms with E-state index in [0.29, 0.717) is 17.7 Å². The number of amides is 1. The minimum absolute atomic E-state index is 0.0579. The molecule has 0 spiro atoms. The molecule has 0 radical (unpaired) electrons. The monoisotopic (exact) mass is 454 g/mol. The standard InChI is InChI=1S/C25H30N2O6/c1-4-27(5-2)19-9-10-20-16(3)21(24(30)33-22(20)14-19)11-12-32-25(31)26-15-17-7-6-8-18(13-17)23(28)29/h6-10,13-14,16,21H,4-5,11-12,15H2,1-3H3,(H,26,31)(H,28,29). The summed E-state index contributed by atoms with van der Waals surface area (Å²) in [5.41, 5.74) is 2.79. The van der Waals surface area contributed by atoms with Gasteiger partial charge in [-0.1, -0.05) is 25.1 Å². The summed E-state index contributed by atoms with van der Waals surface area (Å²) in [5.74, 6) is -1.22. The van der Waals surface area contributed by atoms with Crippen LogP contribution in [0.1, 0.15) is 54.6 Å². The minimum Gasteiger partial charge on any atom is -0.478 e. The number of anilines is 1. The predicted molar refractivity (Wildman–Crippen MR) is 124 cm³/mol. The second-order valence-corrected chi connectivity index (χ2v) is 7.99. The maximum absolute atomic E-state index is 12.6. The highest BCUT2D eigenvalue weighted by atomic mass is 16.6. The molecular weight excluding hydrogens is 424 g/mol. The molecule has 0 saturated heterocycles. The molecule has 8 nitrogen and oxygen atoms in total. The molecule has 2 unspecified atom stereocenters. The number of aromatic carboxylic acids is 1. The van der Waals surface area contributed by atoms with Gasteiger partial charge < -0.3 is 24.8 Å². The number of carbonyl (C=O) groups excluding carboxylic acids is 2. The lowest BCUT2D eigenvalue weighted by atomic mass is 9.83. The van der Waals surface area contributed by atoms with Crippen LogP contribution in [0.3, 0.4) is 0 Å². The van der Waals surface area contributed by atoms with Gasteiger partial charge in [0.25, 0.3) is 0 Å². The first-order valence-electron chi connectivity index (χ1n) is 11.2. The number of nitrogens with one attached hydrogen (secondary N) is 1. The number of hydrogen-bond acceptors (Lipinski definition) is 6. The SMILES string of the molecule is CCN(CC)c1ccc2c(c1)OC(=O)C(CCOC(=O)NCc1cccc(C(=O)O)c1)C2C. The highest BCUT2D eigenvalue weighted by molar-refractivity contribution is 5.87. The van der Waals surface area contributed by atoms with Crippen LogP contribution in [0.15, 0.2) is 42.5 Å².